The van der Waals surface area contributed by atoms with Crippen LogP contribution < -0.4 is 16.8 Å². The van der Waals surface area contributed by atoms with Gasteiger partial charge >= 0.3 is 0 Å². The molecule has 0 aliphatic heterocycles. The van der Waals surface area contributed by atoms with E-state index in [9.17, 15) is 0 Å². The standard InChI is InChI=1S/C21H22N4/c22-20-13-18(14-21(23)25-20)19(17-9-5-2-6-10-17)11-12-24-15-16-7-3-1-4-8-16/h1-11,13-14,24H,12,15H2,(H4,22,23,25). The van der Waals surface area contributed by atoms with E-state index in [1.165, 1.54) is 5.56 Å². The van der Waals surface area contributed by atoms with Crippen LogP contribution in [0.25, 0.3) is 5.57 Å². The van der Waals surface area contributed by atoms with Crippen LogP contribution in [0.3, 0.4) is 0 Å². The highest BCUT2D eigenvalue weighted by Gasteiger charge is 2.07. The maximum absolute atomic E-state index is 5.87. The Morgan fingerprint density at radius 3 is 2.08 bits per heavy atom. The smallest absolute Gasteiger partial charge is 0.126 e. The van der Waals surface area contributed by atoms with E-state index in [4.69, 9.17) is 11.5 Å². The minimum Gasteiger partial charge on any atom is -0.384 e. The lowest BCUT2D eigenvalue weighted by molar-refractivity contribution is 0.760. The van der Waals surface area contributed by atoms with E-state index in [2.05, 4.69) is 40.6 Å². The van der Waals surface area contributed by atoms with Crippen molar-refractivity contribution in [3.63, 3.8) is 0 Å². The zero-order valence-corrected chi connectivity index (χ0v) is 14.0. The Labute approximate surface area is 148 Å². The topological polar surface area (TPSA) is 77.0 Å². The zero-order valence-electron chi connectivity index (χ0n) is 14.0. The summed E-state index contributed by atoms with van der Waals surface area (Å²) >= 11 is 0. The van der Waals surface area contributed by atoms with Gasteiger partial charge in [0.25, 0.3) is 0 Å². The Morgan fingerprint density at radius 2 is 1.44 bits per heavy atom. The van der Waals surface area contributed by atoms with Gasteiger partial charge in [-0.25, -0.2) is 4.98 Å². The number of pyridine rings is 1. The molecule has 0 aliphatic carbocycles. The van der Waals surface area contributed by atoms with E-state index in [1.807, 2.05) is 48.5 Å². The second-order valence-electron chi connectivity index (χ2n) is 5.81. The molecule has 0 saturated heterocycles. The van der Waals surface area contributed by atoms with Gasteiger partial charge in [0.15, 0.2) is 0 Å². The third-order valence-corrected chi connectivity index (χ3v) is 3.88. The molecular formula is C21H22N4. The number of anilines is 2. The summed E-state index contributed by atoms with van der Waals surface area (Å²) in [4.78, 5) is 4.06. The summed E-state index contributed by atoms with van der Waals surface area (Å²) in [5.74, 6) is 0.850. The third kappa shape index (κ3) is 4.68. The highest BCUT2D eigenvalue weighted by molar-refractivity contribution is 5.81. The number of benzene rings is 2. The van der Waals surface area contributed by atoms with E-state index in [-0.39, 0.29) is 0 Å². The zero-order chi connectivity index (χ0) is 17.5. The second-order valence-corrected chi connectivity index (χ2v) is 5.81. The maximum Gasteiger partial charge on any atom is 0.126 e. The molecule has 2 aromatic carbocycles. The average Bonchev–Trinajstić information content (AvgIpc) is 2.62. The molecule has 0 fully saturated rings. The molecule has 5 N–H and O–H groups in total. The number of nitrogens with two attached hydrogens (primary N) is 2. The monoisotopic (exact) mass is 330 g/mol. The highest BCUT2D eigenvalue weighted by atomic mass is 14.9. The molecule has 25 heavy (non-hydrogen) atoms. The lowest BCUT2D eigenvalue weighted by atomic mass is 9.98. The largest absolute Gasteiger partial charge is 0.384 e. The third-order valence-electron chi connectivity index (χ3n) is 3.88. The van der Waals surface area contributed by atoms with Gasteiger partial charge in [-0.15, -0.1) is 0 Å². The Bertz CT molecular complexity index is 822. The molecule has 0 amide bonds. The fourth-order valence-corrected chi connectivity index (χ4v) is 2.74. The van der Waals surface area contributed by atoms with Gasteiger partial charge in [0.1, 0.15) is 11.6 Å². The summed E-state index contributed by atoms with van der Waals surface area (Å²) in [5, 5.41) is 3.45. The molecule has 0 saturated carbocycles. The first-order chi connectivity index (χ1) is 12.2. The predicted octanol–water partition coefficient (Wildman–Crippen LogP) is 3.47. The van der Waals surface area contributed by atoms with Crippen molar-refractivity contribution in [2.75, 3.05) is 18.0 Å². The van der Waals surface area contributed by atoms with Crippen LogP contribution in [0.4, 0.5) is 11.6 Å². The molecular weight excluding hydrogens is 308 g/mol. The van der Waals surface area contributed by atoms with E-state index in [1.54, 1.807) is 0 Å². The van der Waals surface area contributed by atoms with E-state index in [0.29, 0.717) is 11.6 Å². The molecule has 1 aromatic heterocycles. The molecule has 0 radical (unpaired) electrons. The number of hydrogen-bond donors (Lipinski definition) is 3. The van der Waals surface area contributed by atoms with Crippen LogP contribution in [0.1, 0.15) is 16.7 Å². The average molecular weight is 330 g/mol. The number of nitrogen functional groups attached to an aromatic ring is 2. The lowest BCUT2D eigenvalue weighted by Crippen LogP contribution is -2.13. The SMILES string of the molecule is Nc1cc(C(=CCNCc2ccccc2)c2ccccc2)cc(N)n1. The molecule has 3 aromatic rings. The van der Waals surface area contributed by atoms with E-state index in [0.717, 1.165) is 29.8 Å². The Kier molecular flexibility index (Phi) is 5.44. The van der Waals surface area contributed by atoms with Gasteiger partial charge in [0.05, 0.1) is 0 Å². The van der Waals surface area contributed by atoms with Crippen LogP contribution in [0.2, 0.25) is 0 Å². The van der Waals surface area contributed by atoms with Gasteiger partial charge in [-0.05, 0) is 34.4 Å². The fourth-order valence-electron chi connectivity index (χ4n) is 2.74. The van der Waals surface area contributed by atoms with E-state index >= 15 is 0 Å². The molecule has 4 nitrogen and oxygen atoms in total. The van der Waals surface area contributed by atoms with Crippen molar-refractivity contribution < 1.29 is 0 Å². The number of nitrogens with zero attached hydrogens (tertiary/aromatic N) is 1. The van der Waals surface area contributed by atoms with Gasteiger partial charge in [0.2, 0.25) is 0 Å². The Hall–Kier alpha value is -3.11. The molecule has 0 bridgehead atoms. The van der Waals surface area contributed by atoms with Crippen molar-refractivity contribution in [2.45, 2.75) is 6.54 Å². The van der Waals surface area contributed by atoms with Gasteiger partial charge in [-0.3, -0.25) is 0 Å². The number of nitrogens with one attached hydrogen (secondary N) is 1. The molecule has 4 heteroatoms. The van der Waals surface area contributed by atoms with Crippen molar-refractivity contribution >= 4 is 17.2 Å². The van der Waals surface area contributed by atoms with E-state index < -0.39 is 0 Å². The predicted molar refractivity (Wildman–Crippen MR) is 105 cm³/mol. The van der Waals surface area contributed by atoms with Gasteiger partial charge in [0, 0.05) is 13.1 Å². The molecule has 126 valence electrons. The van der Waals surface area contributed by atoms with Crippen molar-refractivity contribution in [1.82, 2.24) is 10.3 Å². The number of aromatic nitrogens is 1. The highest BCUT2D eigenvalue weighted by Crippen LogP contribution is 2.25. The van der Waals surface area contributed by atoms with Crippen LogP contribution >= 0.6 is 0 Å². The molecule has 0 unspecified atom stereocenters. The first kappa shape index (κ1) is 16.7. The van der Waals surface area contributed by atoms with Gasteiger partial charge < -0.3 is 16.8 Å². The summed E-state index contributed by atoms with van der Waals surface area (Å²) in [6, 6.07) is 24.3. The minimum absolute atomic E-state index is 0.425. The quantitative estimate of drug-likeness (QED) is 0.605. The van der Waals surface area contributed by atoms with Crippen molar-refractivity contribution in [3.05, 3.63) is 95.6 Å². The van der Waals surface area contributed by atoms with Gasteiger partial charge in [-0.1, -0.05) is 66.7 Å². The Morgan fingerprint density at radius 1 is 0.840 bits per heavy atom. The maximum atomic E-state index is 5.87. The number of rotatable bonds is 6. The normalized spacial score (nSPS) is 11.4. The van der Waals surface area contributed by atoms with Crippen LogP contribution in [0.15, 0.2) is 78.9 Å². The molecule has 0 aliphatic rings. The van der Waals surface area contributed by atoms with Crippen molar-refractivity contribution in [2.24, 2.45) is 0 Å². The van der Waals surface area contributed by atoms with Crippen LogP contribution in [0, 0.1) is 0 Å². The summed E-state index contributed by atoms with van der Waals surface area (Å²) < 4.78 is 0. The summed E-state index contributed by atoms with van der Waals surface area (Å²) in [7, 11) is 0. The fraction of sp³-hybridized carbons (Fsp3) is 0.0952. The first-order valence-electron chi connectivity index (χ1n) is 8.26. The second kappa shape index (κ2) is 8.13. The minimum atomic E-state index is 0.425. The molecule has 1 heterocycles. The van der Waals surface area contributed by atoms with Crippen LogP contribution in [-0.2, 0) is 6.54 Å². The summed E-state index contributed by atoms with van der Waals surface area (Å²) in [6.45, 7) is 1.56. The van der Waals surface area contributed by atoms with Gasteiger partial charge in [-0.2, -0.15) is 0 Å². The van der Waals surface area contributed by atoms with Crippen LogP contribution in [-0.4, -0.2) is 11.5 Å². The first-order valence-corrected chi connectivity index (χ1v) is 8.26. The Balaban J connectivity index is 1.81. The molecule has 3 rings (SSSR count). The summed E-state index contributed by atoms with van der Waals surface area (Å²) in [6.07, 6.45) is 2.16. The van der Waals surface area contributed by atoms with Crippen molar-refractivity contribution in [1.29, 1.82) is 0 Å². The molecule has 0 atom stereocenters. The lowest BCUT2D eigenvalue weighted by Gasteiger charge is -2.11. The molecule has 0 spiro atoms. The number of hydrogen-bond acceptors (Lipinski definition) is 4. The summed E-state index contributed by atoms with van der Waals surface area (Å²) in [5.41, 5.74) is 16.2. The van der Waals surface area contributed by atoms with Crippen LogP contribution in [0.5, 0.6) is 0 Å². The van der Waals surface area contributed by atoms with Crippen molar-refractivity contribution in [3.8, 4) is 0 Å².